The summed E-state index contributed by atoms with van der Waals surface area (Å²) >= 11 is 0. The molecular formula is C14H17N3O2. The van der Waals surface area contributed by atoms with Crippen LogP contribution in [0.15, 0.2) is 24.3 Å². The summed E-state index contributed by atoms with van der Waals surface area (Å²) < 4.78 is 0. The number of H-pyrrole nitrogens is 1. The smallest absolute Gasteiger partial charge is 0.241 e. The fourth-order valence-electron chi connectivity index (χ4n) is 2.50. The Bertz CT molecular complexity index is 620. The van der Waals surface area contributed by atoms with Gasteiger partial charge in [0.2, 0.25) is 5.91 Å². The summed E-state index contributed by atoms with van der Waals surface area (Å²) in [5.74, 6) is -0.0943. The molecule has 5 heteroatoms. The van der Waals surface area contributed by atoms with Crippen molar-refractivity contribution in [3.8, 4) is 0 Å². The number of nitrogens with one attached hydrogen (secondary N) is 3. The largest absolute Gasteiger partial charge is 0.392 e. The molecule has 1 aliphatic rings. The second-order valence-electron chi connectivity index (χ2n) is 5.09. The maximum Gasteiger partial charge on any atom is 0.241 e. The molecule has 1 amide bonds. The maximum atomic E-state index is 12.0. The van der Waals surface area contributed by atoms with Crippen LogP contribution in [0.1, 0.15) is 12.1 Å². The number of benzene rings is 1. The molecule has 2 heterocycles. The molecule has 2 atom stereocenters. The predicted octanol–water partition coefficient (Wildman–Crippen LogP) is 1.14. The first kappa shape index (κ1) is 12.2. The molecule has 0 spiro atoms. The first-order valence-corrected chi connectivity index (χ1v) is 6.43. The van der Waals surface area contributed by atoms with Gasteiger partial charge in [-0.15, -0.1) is 0 Å². The number of β-amino-alcohol motifs (C(OH)–C–C–N with tert-alkyl or cyclic N) is 1. The number of aryl methyl sites for hydroxylation is 1. The van der Waals surface area contributed by atoms with E-state index in [1.54, 1.807) is 0 Å². The van der Waals surface area contributed by atoms with Gasteiger partial charge in [-0.25, -0.2) is 0 Å². The van der Waals surface area contributed by atoms with Gasteiger partial charge in [-0.1, -0.05) is 0 Å². The first-order valence-electron chi connectivity index (χ1n) is 6.43. The molecule has 1 saturated heterocycles. The Hall–Kier alpha value is -1.85. The lowest BCUT2D eigenvalue weighted by Gasteiger charge is -2.11. The quantitative estimate of drug-likeness (QED) is 0.653. The normalized spacial score (nSPS) is 22.8. The molecule has 1 aromatic carbocycles. The standard InChI is InChI=1S/C14H17N3O2/c1-8-4-9-5-10(2-3-12(9)16-8)17-14(19)13-6-11(18)7-15-13/h2-5,11,13,15-16,18H,6-7H2,1H3,(H,17,19). The summed E-state index contributed by atoms with van der Waals surface area (Å²) in [6.07, 6.45) is 0.0442. The highest BCUT2D eigenvalue weighted by molar-refractivity contribution is 5.97. The summed E-state index contributed by atoms with van der Waals surface area (Å²) in [7, 11) is 0. The van der Waals surface area contributed by atoms with Crippen LogP contribution in [0.5, 0.6) is 0 Å². The highest BCUT2D eigenvalue weighted by atomic mass is 16.3. The molecule has 1 fully saturated rings. The minimum atomic E-state index is -0.425. The van der Waals surface area contributed by atoms with E-state index in [0.717, 1.165) is 22.3 Å². The van der Waals surface area contributed by atoms with Gasteiger partial charge in [0.1, 0.15) is 0 Å². The van der Waals surface area contributed by atoms with Crippen LogP contribution in [0.4, 0.5) is 5.69 Å². The molecule has 1 aromatic heterocycles. The molecule has 0 aliphatic carbocycles. The average molecular weight is 259 g/mol. The molecule has 0 bridgehead atoms. The molecule has 19 heavy (non-hydrogen) atoms. The number of aliphatic hydroxyl groups is 1. The zero-order valence-corrected chi connectivity index (χ0v) is 10.7. The Labute approximate surface area is 111 Å². The Morgan fingerprint density at radius 2 is 2.26 bits per heavy atom. The van der Waals surface area contributed by atoms with Crippen molar-refractivity contribution in [2.24, 2.45) is 0 Å². The number of hydrogen-bond donors (Lipinski definition) is 4. The van der Waals surface area contributed by atoms with Crippen molar-refractivity contribution in [1.82, 2.24) is 10.3 Å². The minimum absolute atomic E-state index is 0.0943. The summed E-state index contributed by atoms with van der Waals surface area (Å²) in [5, 5.41) is 16.4. The van der Waals surface area contributed by atoms with Gasteiger partial charge in [0.05, 0.1) is 12.1 Å². The Morgan fingerprint density at radius 1 is 1.42 bits per heavy atom. The van der Waals surface area contributed by atoms with E-state index in [1.165, 1.54) is 0 Å². The molecular weight excluding hydrogens is 242 g/mol. The van der Waals surface area contributed by atoms with Crippen LogP contribution in [0.3, 0.4) is 0 Å². The van der Waals surface area contributed by atoms with E-state index >= 15 is 0 Å². The van der Waals surface area contributed by atoms with Crippen LogP contribution < -0.4 is 10.6 Å². The van der Waals surface area contributed by atoms with E-state index in [2.05, 4.69) is 15.6 Å². The first-order chi connectivity index (χ1) is 9.11. The number of aromatic nitrogens is 1. The van der Waals surface area contributed by atoms with E-state index in [9.17, 15) is 9.90 Å². The van der Waals surface area contributed by atoms with E-state index in [-0.39, 0.29) is 11.9 Å². The monoisotopic (exact) mass is 259 g/mol. The Morgan fingerprint density at radius 3 is 3.00 bits per heavy atom. The highest BCUT2D eigenvalue weighted by Gasteiger charge is 2.27. The van der Waals surface area contributed by atoms with Gasteiger partial charge in [-0.3, -0.25) is 4.79 Å². The van der Waals surface area contributed by atoms with Crippen molar-refractivity contribution in [3.63, 3.8) is 0 Å². The van der Waals surface area contributed by atoms with Crippen LogP contribution in [0.2, 0.25) is 0 Å². The van der Waals surface area contributed by atoms with E-state index in [4.69, 9.17) is 0 Å². The molecule has 0 saturated carbocycles. The Balaban J connectivity index is 1.75. The second-order valence-corrected chi connectivity index (χ2v) is 5.09. The number of aromatic amines is 1. The molecule has 2 aromatic rings. The second kappa shape index (κ2) is 4.68. The number of carbonyl (C=O) groups excluding carboxylic acids is 1. The number of carbonyl (C=O) groups is 1. The molecule has 0 radical (unpaired) electrons. The SMILES string of the molecule is Cc1cc2cc(NC(=O)C3CC(O)CN3)ccc2[nH]1. The molecule has 2 unspecified atom stereocenters. The summed E-state index contributed by atoms with van der Waals surface area (Å²) in [4.78, 5) is 15.3. The van der Waals surface area contributed by atoms with Gasteiger partial charge in [-0.2, -0.15) is 0 Å². The zero-order chi connectivity index (χ0) is 13.4. The summed E-state index contributed by atoms with van der Waals surface area (Å²) in [5.41, 5.74) is 2.93. The average Bonchev–Trinajstić information content (AvgIpc) is 2.93. The van der Waals surface area contributed by atoms with Crippen molar-refractivity contribution in [2.75, 3.05) is 11.9 Å². The lowest BCUT2D eigenvalue weighted by Crippen LogP contribution is -2.35. The van der Waals surface area contributed by atoms with Crippen molar-refractivity contribution in [3.05, 3.63) is 30.0 Å². The fourth-order valence-corrected chi connectivity index (χ4v) is 2.50. The lowest BCUT2D eigenvalue weighted by atomic mass is 10.2. The van der Waals surface area contributed by atoms with Gasteiger partial charge >= 0.3 is 0 Å². The molecule has 4 N–H and O–H groups in total. The van der Waals surface area contributed by atoms with Crippen LogP contribution in [0.25, 0.3) is 10.9 Å². The summed E-state index contributed by atoms with van der Waals surface area (Å²) in [6.45, 7) is 2.48. The van der Waals surface area contributed by atoms with Gasteiger partial charge in [-0.05, 0) is 37.6 Å². The number of fused-ring (bicyclic) bond motifs is 1. The topological polar surface area (TPSA) is 77.2 Å². The minimum Gasteiger partial charge on any atom is -0.392 e. The van der Waals surface area contributed by atoms with Crippen molar-refractivity contribution in [2.45, 2.75) is 25.5 Å². The summed E-state index contributed by atoms with van der Waals surface area (Å²) in [6, 6.07) is 7.51. The third kappa shape index (κ3) is 2.47. The third-order valence-electron chi connectivity index (χ3n) is 3.45. The van der Waals surface area contributed by atoms with Crippen molar-refractivity contribution in [1.29, 1.82) is 0 Å². The number of hydrogen-bond acceptors (Lipinski definition) is 3. The Kier molecular flexibility index (Phi) is 3.00. The fraction of sp³-hybridized carbons (Fsp3) is 0.357. The molecule has 1 aliphatic heterocycles. The van der Waals surface area contributed by atoms with Gasteiger partial charge in [0, 0.05) is 28.8 Å². The van der Waals surface area contributed by atoms with Crippen molar-refractivity contribution < 1.29 is 9.90 Å². The molecule has 3 rings (SSSR count). The van der Waals surface area contributed by atoms with Crippen LogP contribution >= 0.6 is 0 Å². The maximum absolute atomic E-state index is 12.0. The van der Waals surface area contributed by atoms with Gasteiger partial charge < -0.3 is 20.7 Å². The van der Waals surface area contributed by atoms with Gasteiger partial charge in [0.15, 0.2) is 0 Å². The highest BCUT2D eigenvalue weighted by Crippen LogP contribution is 2.20. The van der Waals surface area contributed by atoms with E-state index < -0.39 is 6.10 Å². The number of amides is 1. The van der Waals surface area contributed by atoms with Crippen LogP contribution in [-0.2, 0) is 4.79 Å². The predicted molar refractivity (Wildman–Crippen MR) is 74.1 cm³/mol. The molecule has 5 nitrogen and oxygen atoms in total. The molecule has 100 valence electrons. The zero-order valence-electron chi connectivity index (χ0n) is 10.7. The number of aliphatic hydroxyl groups excluding tert-OH is 1. The number of anilines is 1. The lowest BCUT2D eigenvalue weighted by molar-refractivity contribution is -0.117. The van der Waals surface area contributed by atoms with E-state index in [0.29, 0.717) is 13.0 Å². The third-order valence-corrected chi connectivity index (χ3v) is 3.45. The van der Waals surface area contributed by atoms with Gasteiger partial charge in [0.25, 0.3) is 0 Å². The van der Waals surface area contributed by atoms with Crippen LogP contribution in [-0.4, -0.2) is 34.7 Å². The van der Waals surface area contributed by atoms with Crippen molar-refractivity contribution >= 4 is 22.5 Å². The van der Waals surface area contributed by atoms with Crippen LogP contribution in [0, 0.1) is 6.92 Å². The van der Waals surface area contributed by atoms with E-state index in [1.807, 2.05) is 31.2 Å². The number of rotatable bonds is 2.